The highest BCUT2D eigenvalue weighted by Crippen LogP contribution is 2.27. The molecule has 4 rings (SSSR count). The molecule has 0 amide bonds. The van der Waals surface area contributed by atoms with Crippen molar-refractivity contribution < 1.29 is 14.0 Å². The minimum absolute atomic E-state index is 0.0987. The number of hydrogen-bond acceptors (Lipinski definition) is 8. The Labute approximate surface area is 206 Å². The van der Waals surface area contributed by atoms with Gasteiger partial charge >= 0.3 is 0 Å². The first-order valence-electron chi connectivity index (χ1n) is 10.5. The van der Waals surface area contributed by atoms with Crippen LogP contribution < -0.4 is 36.3 Å². The molecule has 1 atom stereocenters. The van der Waals surface area contributed by atoms with E-state index < -0.39 is 0 Å². The van der Waals surface area contributed by atoms with E-state index in [2.05, 4.69) is 32.3 Å². The Balaban J connectivity index is 1.60. The fraction of sp³-hybridized carbons (Fsp3) is 0.261. The maximum absolute atomic E-state index is 6.13. The maximum atomic E-state index is 6.13. The van der Waals surface area contributed by atoms with Gasteiger partial charge < -0.3 is 30.4 Å². The molecule has 3 aromatic rings. The van der Waals surface area contributed by atoms with Gasteiger partial charge in [0.25, 0.3) is 0 Å². The summed E-state index contributed by atoms with van der Waals surface area (Å²) in [5.41, 5.74) is 6.26. The summed E-state index contributed by atoms with van der Waals surface area (Å²) in [5.74, 6) is 2.42. The number of rotatable bonds is 8. The molecular weight excluding hydrogens is 479 g/mol. The van der Waals surface area contributed by atoms with Gasteiger partial charge in [-0.15, -0.1) is 0 Å². The van der Waals surface area contributed by atoms with Crippen LogP contribution in [-0.2, 0) is 6.61 Å². The quantitative estimate of drug-likeness (QED) is 0.317. The zero-order valence-corrected chi connectivity index (χ0v) is 20.0. The van der Waals surface area contributed by atoms with E-state index in [1.54, 1.807) is 37.4 Å². The number of halogens is 2. The maximum Gasteiger partial charge on any atom is 0.243 e. The van der Waals surface area contributed by atoms with Crippen LogP contribution >= 0.6 is 23.2 Å². The van der Waals surface area contributed by atoms with E-state index >= 15 is 0 Å². The van der Waals surface area contributed by atoms with E-state index in [0.29, 0.717) is 55.2 Å². The van der Waals surface area contributed by atoms with Crippen molar-refractivity contribution in [3.05, 3.63) is 62.5 Å². The molecule has 4 N–H and O–H groups in total. The number of nitrogens with one attached hydrogen (secondary N) is 2. The summed E-state index contributed by atoms with van der Waals surface area (Å²) in [4.78, 5) is 8.68. The van der Waals surface area contributed by atoms with Gasteiger partial charge in [-0.2, -0.15) is 4.98 Å². The van der Waals surface area contributed by atoms with Crippen LogP contribution in [0.3, 0.4) is 0 Å². The SMILES string of the molecule is C=c1cc(OCc2noc(C3CCCN3)n2)c(OC)c/c1=C(/N=CN)Nc1ccc(Cl)c(Cl)c1. The average Bonchev–Trinajstić information content (AvgIpc) is 3.52. The fourth-order valence-electron chi connectivity index (χ4n) is 3.55. The molecule has 2 heterocycles. The van der Waals surface area contributed by atoms with Gasteiger partial charge in [-0.3, -0.25) is 0 Å². The predicted molar refractivity (Wildman–Crippen MR) is 133 cm³/mol. The molecule has 1 aliphatic rings. The van der Waals surface area contributed by atoms with E-state index in [-0.39, 0.29) is 12.6 Å². The minimum Gasteiger partial charge on any atom is -0.493 e. The highest BCUT2D eigenvalue weighted by atomic mass is 35.5. The number of nitrogens with zero attached hydrogens (tertiary/aromatic N) is 3. The topological polar surface area (TPSA) is 120 Å². The average molecular weight is 503 g/mol. The monoisotopic (exact) mass is 502 g/mol. The van der Waals surface area contributed by atoms with E-state index in [4.69, 9.17) is 42.9 Å². The molecule has 1 aromatic heterocycles. The number of aliphatic imine (C=N–C) groups is 1. The second-order valence-electron chi connectivity index (χ2n) is 7.53. The van der Waals surface area contributed by atoms with Crippen LogP contribution in [-0.4, -0.2) is 30.1 Å². The first-order valence-corrected chi connectivity index (χ1v) is 11.3. The van der Waals surface area contributed by atoms with Crippen molar-refractivity contribution in [1.29, 1.82) is 0 Å². The lowest BCUT2D eigenvalue weighted by Crippen LogP contribution is -2.28. The normalized spacial score (nSPS) is 16.6. The highest BCUT2D eigenvalue weighted by molar-refractivity contribution is 6.42. The molecule has 1 fully saturated rings. The molecular formula is C23H24Cl2N6O3. The van der Waals surface area contributed by atoms with Crippen LogP contribution in [0.4, 0.5) is 5.69 Å². The summed E-state index contributed by atoms with van der Waals surface area (Å²) in [6, 6.07) is 8.75. The van der Waals surface area contributed by atoms with Gasteiger partial charge in [-0.05, 0) is 54.9 Å². The second kappa shape index (κ2) is 10.8. The summed E-state index contributed by atoms with van der Waals surface area (Å²) < 4.78 is 16.8. The van der Waals surface area contributed by atoms with Gasteiger partial charge in [0.2, 0.25) is 11.7 Å². The van der Waals surface area contributed by atoms with Gasteiger partial charge in [-0.25, -0.2) is 4.99 Å². The number of ether oxygens (including phenoxy) is 2. The Kier molecular flexibility index (Phi) is 7.56. The zero-order chi connectivity index (χ0) is 24.1. The molecule has 0 saturated carbocycles. The Morgan fingerprint density at radius 3 is 2.88 bits per heavy atom. The van der Waals surface area contributed by atoms with Gasteiger partial charge in [0.1, 0.15) is 5.82 Å². The van der Waals surface area contributed by atoms with Crippen LogP contribution in [0.5, 0.6) is 11.5 Å². The highest BCUT2D eigenvalue weighted by Gasteiger charge is 2.22. The third-order valence-corrected chi connectivity index (χ3v) is 5.97. The molecule has 2 aromatic carbocycles. The van der Waals surface area contributed by atoms with Gasteiger partial charge in [0.05, 0.1) is 29.5 Å². The van der Waals surface area contributed by atoms with Gasteiger partial charge in [0, 0.05) is 10.9 Å². The van der Waals surface area contributed by atoms with Crippen molar-refractivity contribution in [3.63, 3.8) is 0 Å². The summed E-state index contributed by atoms with van der Waals surface area (Å²) in [6.07, 6.45) is 3.24. The van der Waals surface area contributed by atoms with Gasteiger partial charge in [-0.1, -0.05) is 34.9 Å². The summed E-state index contributed by atoms with van der Waals surface area (Å²) in [7, 11) is 1.55. The minimum atomic E-state index is 0.0987. The lowest BCUT2D eigenvalue weighted by Gasteiger charge is -2.12. The third kappa shape index (κ3) is 5.44. The molecule has 11 heteroatoms. The van der Waals surface area contributed by atoms with E-state index in [9.17, 15) is 0 Å². The number of methoxy groups -OCH3 is 1. The van der Waals surface area contributed by atoms with Crippen LogP contribution in [0.1, 0.15) is 30.6 Å². The molecule has 0 radical (unpaired) electrons. The molecule has 1 unspecified atom stereocenters. The standard InChI is InChI=1S/C23H24Cl2N6O3/c1-13-8-20(33-11-21-30-23(34-31-21)18-4-3-7-27-18)19(32-2)10-15(13)22(28-12-26)29-14-5-6-16(24)17(25)9-14/h5-6,8-10,12,18,27,29H,1,3-4,7,11H2,2H3,(H2,26,28)/b22-15+. The van der Waals surface area contributed by atoms with Crippen molar-refractivity contribution in [2.45, 2.75) is 25.5 Å². The molecule has 0 bridgehead atoms. The Bertz CT molecular complexity index is 1300. The molecule has 0 spiro atoms. The van der Waals surface area contributed by atoms with Gasteiger partial charge in [0.15, 0.2) is 18.1 Å². The fourth-order valence-corrected chi connectivity index (χ4v) is 3.85. The van der Waals surface area contributed by atoms with Crippen molar-refractivity contribution in [2.24, 2.45) is 10.7 Å². The molecule has 178 valence electrons. The second-order valence-corrected chi connectivity index (χ2v) is 8.34. The molecule has 1 saturated heterocycles. The Morgan fingerprint density at radius 1 is 1.32 bits per heavy atom. The summed E-state index contributed by atoms with van der Waals surface area (Å²) >= 11 is 12.1. The largest absolute Gasteiger partial charge is 0.493 e. The third-order valence-electron chi connectivity index (χ3n) is 5.23. The summed E-state index contributed by atoms with van der Waals surface area (Å²) in [5, 5.41) is 12.7. The number of benzene rings is 2. The van der Waals surface area contributed by atoms with Crippen LogP contribution in [0.2, 0.25) is 10.0 Å². The number of anilines is 1. The molecule has 34 heavy (non-hydrogen) atoms. The molecule has 0 aliphatic carbocycles. The van der Waals surface area contributed by atoms with E-state index in [1.165, 1.54) is 6.34 Å². The number of aromatic nitrogens is 2. The first kappa shape index (κ1) is 23.9. The Morgan fingerprint density at radius 2 is 2.18 bits per heavy atom. The van der Waals surface area contributed by atoms with E-state index in [0.717, 1.165) is 19.4 Å². The van der Waals surface area contributed by atoms with Crippen molar-refractivity contribution >= 4 is 47.6 Å². The van der Waals surface area contributed by atoms with Crippen LogP contribution in [0, 0.1) is 0 Å². The lowest BCUT2D eigenvalue weighted by atomic mass is 10.2. The predicted octanol–water partition coefficient (Wildman–Crippen LogP) is 2.96. The lowest BCUT2D eigenvalue weighted by molar-refractivity contribution is 0.267. The Hall–Kier alpha value is -3.27. The van der Waals surface area contributed by atoms with Crippen LogP contribution in [0.25, 0.3) is 12.4 Å². The van der Waals surface area contributed by atoms with Crippen LogP contribution in [0.15, 0.2) is 39.8 Å². The van der Waals surface area contributed by atoms with Crippen molar-refractivity contribution in [3.8, 4) is 11.5 Å². The zero-order valence-electron chi connectivity index (χ0n) is 18.5. The summed E-state index contributed by atoms with van der Waals surface area (Å²) in [6.45, 7) is 5.19. The van der Waals surface area contributed by atoms with Crippen molar-refractivity contribution in [2.75, 3.05) is 19.0 Å². The smallest absolute Gasteiger partial charge is 0.243 e. The first-order chi connectivity index (χ1) is 16.5. The number of nitrogens with two attached hydrogens (primary N) is 1. The molecule has 9 nitrogen and oxygen atoms in total. The van der Waals surface area contributed by atoms with Crippen molar-refractivity contribution in [1.82, 2.24) is 15.5 Å². The molecule has 1 aliphatic heterocycles. The number of hydrogen-bond donors (Lipinski definition) is 3. The van der Waals surface area contributed by atoms with E-state index in [1.807, 2.05) is 0 Å².